The van der Waals surface area contributed by atoms with E-state index in [0.29, 0.717) is 0 Å². The van der Waals surface area contributed by atoms with Gasteiger partial charge in [-0.25, -0.2) is 0 Å². The first-order valence-electron chi connectivity index (χ1n) is 5.54. The summed E-state index contributed by atoms with van der Waals surface area (Å²) in [5.41, 5.74) is 3.82. The molecule has 0 radical (unpaired) electrons. The molecule has 0 bridgehead atoms. The van der Waals surface area contributed by atoms with Crippen molar-refractivity contribution in [2.75, 3.05) is 11.1 Å². The molecule has 0 aromatic heterocycles. The summed E-state index contributed by atoms with van der Waals surface area (Å²) in [6, 6.07) is 6.34. The van der Waals surface area contributed by atoms with E-state index in [4.69, 9.17) is 0 Å². The Morgan fingerprint density at radius 1 is 1.25 bits per heavy atom. The highest BCUT2D eigenvalue weighted by molar-refractivity contribution is 8.14. The van der Waals surface area contributed by atoms with Gasteiger partial charge in [-0.1, -0.05) is 30.0 Å². The number of aryl methyl sites for hydroxylation is 2. The molecule has 3 heteroatoms. The van der Waals surface area contributed by atoms with Crippen molar-refractivity contribution in [2.45, 2.75) is 33.2 Å². The van der Waals surface area contributed by atoms with Gasteiger partial charge in [0.1, 0.15) is 0 Å². The van der Waals surface area contributed by atoms with Crippen molar-refractivity contribution in [1.82, 2.24) is 0 Å². The molecule has 2 nitrogen and oxygen atoms in total. The van der Waals surface area contributed by atoms with Crippen LogP contribution in [0.2, 0.25) is 0 Å². The third-order valence-electron chi connectivity index (χ3n) is 2.68. The van der Waals surface area contributed by atoms with Crippen molar-refractivity contribution in [1.29, 1.82) is 0 Å². The zero-order chi connectivity index (χ0) is 11.8. The SMILES string of the molecule is Cc1cccc(C)c1NC1=NC(C)(C)CS1. The van der Waals surface area contributed by atoms with E-state index in [1.807, 2.05) is 0 Å². The Morgan fingerprint density at radius 2 is 1.88 bits per heavy atom. The van der Waals surface area contributed by atoms with Crippen LogP contribution < -0.4 is 5.32 Å². The third-order valence-corrected chi connectivity index (χ3v) is 4.00. The highest BCUT2D eigenvalue weighted by Gasteiger charge is 2.25. The van der Waals surface area contributed by atoms with E-state index in [0.717, 1.165) is 10.9 Å². The fourth-order valence-electron chi connectivity index (χ4n) is 1.77. The van der Waals surface area contributed by atoms with E-state index in [1.54, 1.807) is 11.8 Å². The number of rotatable bonds is 1. The molecule has 0 unspecified atom stereocenters. The molecule has 0 amide bonds. The number of nitrogens with one attached hydrogen (secondary N) is 1. The Kier molecular flexibility index (Phi) is 2.98. The van der Waals surface area contributed by atoms with Crippen LogP contribution >= 0.6 is 11.8 Å². The normalized spacial score (nSPS) is 18.4. The molecule has 2 rings (SSSR count). The lowest BCUT2D eigenvalue weighted by atomic mass is 10.1. The molecule has 0 saturated heterocycles. The monoisotopic (exact) mass is 234 g/mol. The number of amidine groups is 1. The summed E-state index contributed by atoms with van der Waals surface area (Å²) in [6.45, 7) is 8.58. The molecule has 0 aliphatic carbocycles. The summed E-state index contributed by atoms with van der Waals surface area (Å²) in [5.74, 6) is 1.06. The van der Waals surface area contributed by atoms with Crippen LogP contribution in [0.25, 0.3) is 0 Å². The Bertz CT molecular complexity index is 415. The average molecular weight is 234 g/mol. The van der Waals surface area contributed by atoms with Gasteiger partial charge in [-0.15, -0.1) is 0 Å². The number of para-hydroxylation sites is 1. The van der Waals surface area contributed by atoms with Crippen molar-refractivity contribution < 1.29 is 0 Å². The van der Waals surface area contributed by atoms with Gasteiger partial charge in [0.05, 0.1) is 5.54 Å². The Morgan fingerprint density at radius 3 is 2.38 bits per heavy atom. The molecular weight excluding hydrogens is 216 g/mol. The number of thioether (sulfide) groups is 1. The number of aliphatic imine (C=N–C) groups is 1. The van der Waals surface area contributed by atoms with Crippen molar-refractivity contribution in [3.63, 3.8) is 0 Å². The number of benzene rings is 1. The molecule has 1 aliphatic rings. The molecule has 86 valence electrons. The smallest absolute Gasteiger partial charge is 0.161 e. The van der Waals surface area contributed by atoms with Gasteiger partial charge in [0.25, 0.3) is 0 Å². The molecule has 1 heterocycles. The van der Waals surface area contributed by atoms with Gasteiger partial charge in [-0.05, 0) is 38.8 Å². The second-order valence-electron chi connectivity index (χ2n) is 4.91. The highest BCUT2D eigenvalue weighted by Crippen LogP contribution is 2.29. The minimum atomic E-state index is 0.0730. The Hall–Kier alpha value is -0.960. The van der Waals surface area contributed by atoms with Crippen LogP contribution in [0.5, 0.6) is 0 Å². The van der Waals surface area contributed by atoms with Gasteiger partial charge in [-0.3, -0.25) is 4.99 Å². The average Bonchev–Trinajstić information content (AvgIpc) is 2.52. The number of hydrogen-bond donors (Lipinski definition) is 1. The number of anilines is 1. The summed E-state index contributed by atoms with van der Waals surface area (Å²) < 4.78 is 0. The first-order valence-corrected chi connectivity index (χ1v) is 6.52. The molecule has 0 fully saturated rings. The minimum absolute atomic E-state index is 0.0730. The van der Waals surface area contributed by atoms with Crippen molar-refractivity contribution >= 4 is 22.6 Å². The van der Waals surface area contributed by atoms with Crippen LogP contribution in [0.15, 0.2) is 23.2 Å². The maximum Gasteiger partial charge on any atom is 0.161 e. The van der Waals surface area contributed by atoms with Crippen LogP contribution in [0.1, 0.15) is 25.0 Å². The number of hydrogen-bond acceptors (Lipinski definition) is 3. The maximum atomic E-state index is 4.67. The second-order valence-corrected chi connectivity index (χ2v) is 5.87. The molecule has 1 aliphatic heterocycles. The summed E-state index contributed by atoms with van der Waals surface area (Å²) in [7, 11) is 0. The molecule has 1 aromatic rings. The standard InChI is InChI=1S/C13H18N2S/c1-9-6-5-7-10(2)11(9)14-12-15-13(3,4)8-16-12/h5-7H,8H2,1-4H3,(H,14,15). The van der Waals surface area contributed by atoms with Crippen LogP contribution in [-0.2, 0) is 0 Å². The molecule has 16 heavy (non-hydrogen) atoms. The lowest BCUT2D eigenvalue weighted by Crippen LogP contribution is -2.15. The third kappa shape index (κ3) is 2.40. The predicted molar refractivity (Wildman–Crippen MR) is 73.5 cm³/mol. The van der Waals surface area contributed by atoms with E-state index < -0.39 is 0 Å². The topological polar surface area (TPSA) is 24.4 Å². The zero-order valence-corrected chi connectivity index (χ0v) is 11.1. The van der Waals surface area contributed by atoms with Gasteiger partial charge >= 0.3 is 0 Å². The maximum absolute atomic E-state index is 4.67. The molecule has 1 aromatic carbocycles. The fourth-order valence-corrected chi connectivity index (χ4v) is 2.81. The Labute approximate surface area is 102 Å². The zero-order valence-electron chi connectivity index (χ0n) is 10.3. The van der Waals surface area contributed by atoms with Gasteiger partial charge in [0.2, 0.25) is 0 Å². The van der Waals surface area contributed by atoms with Crippen LogP contribution in [0.3, 0.4) is 0 Å². The van der Waals surface area contributed by atoms with Crippen molar-refractivity contribution in [3.05, 3.63) is 29.3 Å². The molecule has 0 atom stereocenters. The summed E-state index contributed by atoms with van der Waals surface area (Å²) in [5, 5.41) is 4.49. The Balaban J connectivity index is 2.23. The lowest BCUT2D eigenvalue weighted by Gasteiger charge is -2.12. The minimum Gasteiger partial charge on any atom is -0.335 e. The van der Waals surface area contributed by atoms with E-state index in [-0.39, 0.29) is 5.54 Å². The lowest BCUT2D eigenvalue weighted by molar-refractivity contribution is 0.605. The van der Waals surface area contributed by atoms with Gasteiger partial charge in [0.15, 0.2) is 5.17 Å². The van der Waals surface area contributed by atoms with E-state index in [9.17, 15) is 0 Å². The quantitative estimate of drug-likeness (QED) is 0.803. The molecule has 1 N–H and O–H groups in total. The van der Waals surface area contributed by atoms with E-state index >= 15 is 0 Å². The van der Waals surface area contributed by atoms with E-state index in [1.165, 1.54) is 16.8 Å². The summed E-state index contributed by atoms with van der Waals surface area (Å²) in [6.07, 6.45) is 0. The first kappa shape index (κ1) is 11.5. The van der Waals surface area contributed by atoms with Gasteiger partial charge in [-0.2, -0.15) is 0 Å². The first-order chi connectivity index (χ1) is 7.48. The molecule has 0 saturated carbocycles. The molecular formula is C13H18N2S. The number of nitrogens with zero attached hydrogens (tertiary/aromatic N) is 1. The van der Waals surface area contributed by atoms with Crippen molar-refractivity contribution in [2.24, 2.45) is 4.99 Å². The second kappa shape index (κ2) is 4.13. The molecule has 0 spiro atoms. The van der Waals surface area contributed by atoms with Crippen molar-refractivity contribution in [3.8, 4) is 0 Å². The van der Waals surface area contributed by atoms with Crippen LogP contribution in [0, 0.1) is 13.8 Å². The largest absolute Gasteiger partial charge is 0.335 e. The predicted octanol–water partition coefficient (Wildman–Crippen LogP) is 3.60. The van der Waals surface area contributed by atoms with Crippen LogP contribution in [-0.4, -0.2) is 16.5 Å². The van der Waals surface area contributed by atoms with Gasteiger partial charge < -0.3 is 5.32 Å². The highest BCUT2D eigenvalue weighted by atomic mass is 32.2. The summed E-state index contributed by atoms with van der Waals surface area (Å²) >= 11 is 1.80. The summed E-state index contributed by atoms with van der Waals surface area (Å²) in [4.78, 5) is 4.67. The fraction of sp³-hybridized carbons (Fsp3) is 0.462. The van der Waals surface area contributed by atoms with Crippen LogP contribution in [0.4, 0.5) is 5.69 Å². The van der Waals surface area contributed by atoms with E-state index in [2.05, 4.69) is 56.2 Å². The van der Waals surface area contributed by atoms with Gasteiger partial charge in [0, 0.05) is 11.4 Å².